The van der Waals surface area contributed by atoms with Gasteiger partial charge in [-0.2, -0.15) is 0 Å². The van der Waals surface area contributed by atoms with Gasteiger partial charge in [0.1, 0.15) is 0 Å². The van der Waals surface area contributed by atoms with Crippen molar-refractivity contribution in [3.63, 3.8) is 0 Å². The third kappa shape index (κ3) is 2.91. The van der Waals surface area contributed by atoms with E-state index in [-0.39, 0.29) is 22.5 Å². The van der Waals surface area contributed by atoms with Crippen molar-refractivity contribution in [3.8, 4) is 22.5 Å². The van der Waals surface area contributed by atoms with E-state index >= 15 is 0 Å². The number of benzene rings is 3. The molecule has 2 aromatic heterocycles. The van der Waals surface area contributed by atoms with Crippen LogP contribution in [-0.2, 0) is 0 Å². The number of pyridine rings is 2. The van der Waals surface area contributed by atoms with Crippen LogP contribution in [-0.4, -0.2) is 9.97 Å². The van der Waals surface area contributed by atoms with Crippen molar-refractivity contribution < 1.29 is 13.2 Å². The highest BCUT2D eigenvalue weighted by atomic mass is 19.2. The molecule has 0 aliphatic heterocycles. The standard InChI is InChI=1S/C24H13F3N2/c25-22-18(20-9-14-5-1-3-7-16(14)12-28-20)11-19(23(26)24(22)27)21-10-15-6-2-4-8-17(15)13-29-21/h1-13H. The smallest absolute Gasteiger partial charge is 0.195 e. The number of hydrogen-bond donors (Lipinski definition) is 0. The first-order valence-corrected chi connectivity index (χ1v) is 8.99. The lowest BCUT2D eigenvalue weighted by molar-refractivity contribution is 0.450. The molecule has 0 bridgehead atoms. The molecule has 140 valence electrons. The van der Waals surface area contributed by atoms with Gasteiger partial charge in [-0.15, -0.1) is 0 Å². The molecule has 5 rings (SSSR count). The minimum atomic E-state index is -1.54. The minimum absolute atomic E-state index is 0.111. The van der Waals surface area contributed by atoms with E-state index < -0.39 is 17.5 Å². The highest BCUT2D eigenvalue weighted by Crippen LogP contribution is 2.34. The summed E-state index contributed by atoms with van der Waals surface area (Å²) in [6, 6.07) is 19.4. The van der Waals surface area contributed by atoms with Gasteiger partial charge in [0.05, 0.1) is 11.4 Å². The maximum Gasteiger partial charge on any atom is 0.195 e. The first kappa shape index (κ1) is 17.4. The highest BCUT2D eigenvalue weighted by molar-refractivity contribution is 5.87. The summed E-state index contributed by atoms with van der Waals surface area (Å²) in [4.78, 5) is 8.49. The van der Waals surface area contributed by atoms with Crippen LogP contribution in [0, 0.1) is 17.5 Å². The first-order valence-electron chi connectivity index (χ1n) is 8.99. The van der Waals surface area contributed by atoms with Crippen molar-refractivity contribution >= 4 is 21.5 Å². The lowest BCUT2D eigenvalue weighted by Gasteiger charge is -2.11. The predicted molar refractivity (Wildman–Crippen MR) is 108 cm³/mol. The Hall–Kier alpha value is -3.73. The Morgan fingerprint density at radius 2 is 0.897 bits per heavy atom. The second kappa shape index (κ2) is 6.71. The molecule has 5 aromatic rings. The van der Waals surface area contributed by atoms with Crippen molar-refractivity contribution in [2.45, 2.75) is 0 Å². The van der Waals surface area contributed by atoms with Crippen molar-refractivity contribution in [1.82, 2.24) is 9.97 Å². The van der Waals surface area contributed by atoms with Gasteiger partial charge in [-0.1, -0.05) is 48.5 Å². The minimum Gasteiger partial charge on any atom is -0.255 e. The van der Waals surface area contributed by atoms with Crippen molar-refractivity contribution in [3.05, 3.63) is 96.6 Å². The summed E-state index contributed by atoms with van der Waals surface area (Å²) in [6.45, 7) is 0. The topological polar surface area (TPSA) is 25.8 Å². The normalized spacial score (nSPS) is 11.3. The van der Waals surface area contributed by atoms with Gasteiger partial charge in [0.25, 0.3) is 0 Å². The maximum absolute atomic E-state index is 14.6. The van der Waals surface area contributed by atoms with Crippen molar-refractivity contribution in [2.24, 2.45) is 0 Å². The van der Waals surface area contributed by atoms with E-state index in [9.17, 15) is 13.2 Å². The summed E-state index contributed by atoms with van der Waals surface area (Å²) < 4.78 is 43.7. The monoisotopic (exact) mass is 386 g/mol. The molecule has 5 heteroatoms. The fourth-order valence-corrected chi connectivity index (χ4v) is 3.44. The Morgan fingerprint density at radius 3 is 1.34 bits per heavy atom. The van der Waals surface area contributed by atoms with Gasteiger partial charge in [-0.25, -0.2) is 13.2 Å². The van der Waals surface area contributed by atoms with Crippen molar-refractivity contribution in [2.75, 3.05) is 0 Å². The summed E-state index contributed by atoms with van der Waals surface area (Å²) in [6.07, 6.45) is 3.17. The third-order valence-corrected chi connectivity index (χ3v) is 4.96. The Kier molecular flexibility index (Phi) is 4.02. The molecule has 0 atom stereocenters. The van der Waals surface area contributed by atoms with Crippen LogP contribution in [0.2, 0.25) is 0 Å². The first-order chi connectivity index (χ1) is 14.1. The van der Waals surface area contributed by atoms with E-state index in [1.165, 1.54) is 6.07 Å². The zero-order valence-electron chi connectivity index (χ0n) is 15.0. The van der Waals surface area contributed by atoms with Crippen LogP contribution in [0.25, 0.3) is 44.1 Å². The summed E-state index contributed by atoms with van der Waals surface area (Å²) in [7, 11) is 0. The second-order valence-corrected chi connectivity index (χ2v) is 6.75. The number of nitrogens with zero attached hydrogens (tertiary/aromatic N) is 2. The molecule has 2 heterocycles. The Morgan fingerprint density at radius 1 is 0.483 bits per heavy atom. The molecular formula is C24H13F3N2. The molecule has 0 amide bonds. The van der Waals surface area contributed by atoms with Crippen LogP contribution >= 0.6 is 0 Å². The van der Waals surface area contributed by atoms with E-state index in [1.54, 1.807) is 24.5 Å². The number of rotatable bonds is 2. The summed E-state index contributed by atoms with van der Waals surface area (Å²) in [5.74, 6) is -4.08. The zero-order valence-corrected chi connectivity index (χ0v) is 15.0. The Balaban J connectivity index is 1.73. The molecule has 0 N–H and O–H groups in total. The maximum atomic E-state index is 14.6. The molecule has 3 aromatic carbocycles. The van der Waals surface area contributed by atoms with Gasteiger partial charge in [-0.05, 0) is 29.0 Å². The van der Waals surface area contributed by atoms with Gasteiger partial charge in [-0.3, -0.25) is 9.97 Å². The average Bonchev–Trinajstić information content (AvgIpc) is 2.77. The fraction of sp³-hybridized carbons (Fsp3) is 0. The van der Waals surface area contributed by atoms with Gasteiger partial charge in [0, 0.05) is 34.3 Å². The lowest BCUT2D eigenvalue weighted by Crippen LogP contribution is -2.00. The van der Waals surface area contributed by atoms with E-state index in [4.69, 9.17) is 0 Å². The largest absolute Gasteiger partial charge is 0.255 e. The SMILES string of the molecule is Fc1c(-c2cc3ccccc3cn2)cc(-c2cc3ccccc3cn2)c(F)c1F. The molecule has 0 spiro atoms. The van der Waals surface area contributed by atoms with Gasteiger partial charge < -0.3 is 0 Å². The molecule has 0 unspecified atom stereocenters. The van der Waals surface area contributed by atoms with Crippen LogP contribution in [0.1, 0.15) is 0 Å². The molecule has 2 nitrogen and oxygen atoms in total. The number of hydrogen-bond acceptors (Lipinski definition) is 2. The van der Waals surface area contributed by atoms with Gasteiger partial charge >= 0.3 is 0 Å². The summed E-state index contributed by atoms with van der Waals surface area (Å²) >= 11 is 0. The Labute approximate surface area is 164 Å². The number of halogens is 3. The molecular weight excluding hydrogens is 373 g/mol. The summed E-state index contributed by atoms with van der Waals surface area (Å²) in [5.41, 5.74) is 0.225. The molecule has 29 heavy (non-hydrogen) atoms. The van der Waals surface area contributed by atoms with Crippen molar-refractivity contribution in [1.29, 1.82) is 0 Å². The van der Waals surface area contributed by atoms with E-state index in [0.29, 0.717) is 0 Å². The molecule has 0 saturated heterocycles. The molecule has 0 aliphatic rings. The van der Waals surface area contributed by atoms with Gasteiger partial charge in [0.15, 0.2) is 17.5 Å². The molecule has 0 radical (unpaired) electrons. The van der Waals surface area contributed by atoms with E-state index in [2.05, 4.69) is 9.97 Å². The van der Waals surface area contributed by atoms with E-state index in [0.717, 1.165) is 21.5 Å². The average molecular weight is 386 g/mol. The Bertz CT molecular complexity index is 1290. The highest BCUT2D eigenvalue weighted by Gasteiger charge is 2.22. The zero-order chi connectivity index (χ0) is 20.0. The quantitative estimate of drug-likeness (QED) is 0.322. The molecule has 0 fully saturated rings. The van der Waals surface area contributed by atoms with Crippen LogP contribution in [0.15, 0.2) is 79.1 Å². The molecule has 0 aliphatic carbocycles. The number of aromatic nitrogens is 2. The fourth-order valence-electron chi connectivity index (χ4n) is 3.44. The van der Waals surface area contributed by atoms with E-state index in [1.807, 2.05) is 48.5 Å². The molecule has 0 saturated carbocycles. The van der Waals surface area contributed by atoms with Crippen LogP contribution in [0.5, 0.6) is 0 Å². The third-order valence-electron chi connectivity index (χ3n) is 4.96. The van der Waals surface area contributed by atoms with Gasteiger partial charge in [0.2, 0.25) is 0 Å². The van der Waals surface area contributed by atoms with Crippen LogP contribution in [0.3, 0.4) is 0 Å². The number of fused-ring (bicyclic) bond motifs is 2. The lowest BCUT2D eigenvalue weighted by atomic mass is 10.0. The van der Waals surface area contributed by atoms with Crippen LogP contribution in [0.4, 0.5) is 13.2 Å². The summed E-state index contributed by atoms with van der Waals surface area (Å²) in [5, 5.41) is 3.39. The second-order valence-electron chi connectivity index (χ2n) is 6.75. The van der Waals surface area contributed by atoms with Crippen LogP contribution < -0.4 is 0 Å². The predicted octanol–water partition coefficient (Wildman–Crippen LogP) is 6.53.